The number of benzene rings is 2. The summed E-state index contributed by atoms with van der Waals surface area (Å²) in [7, 11) is 0. The molecule has 2 heterocycles. The van der Waals surface area contributed by atoms with Crippen LogP contribution in [0.3, 0.4) is 0 Å². The molecule has 0 aromatic heterocycles. The number of carbonyl (C=O) groups is 1. The minimum absolute atomic E-state index is 0.171. The van der Waals surface area contributed by atoms with Crippen molar-refractivity contribution in [3.63, 3.8) is 0 Å². The fourth-order valence-corrected chi connectivity index (χ4v) is 4.69. The van der Waals surface area contributed by atoms with Crippen LogP contribution in [0.5, 0.6) is 0 Å². The van der Waals surface area contributed by atoms with Crippen molar-refractivity contribution in [2.45, 2.75) is 27.3 Å². The fourth-order valence-electron chi connectivity index (χ4n) is 4.69. The maximum Gasteiger partial charge on any atom is 0.253 e. The summed E-state index contributed by atoms with van der Waals surface area (Å²) < 4.78 is 0. The third kappa shape index (κ3) is 5.10. The Morgan fingerprint density at radius 2 is 1.45 bits per heavy atom. The lowest BCUT2D eigenvalue weighted by Crippen LogP contribution is -2.48. The zero-order valence-electron chi connectivity index (χ0n) is 19.3. The minimum atomic E-state index is 0.171. The van der Waals surface area contributed by atoms with Crippen LogP contribution in [0.1, 0.15) is 34.0 Å². The predicted octanol–water partition coefficient (Wildman–Crippen LogP) is 3.40. The molecule has 0 unspecified atom stereocenters. The average molecular weight is 421 g/mol. The van der Waals surface area contributed by atoms with Gasteiger partial charge in [-0.05, 0) is 55.3 Å². The topological polar surface area (TPSA) is 30.0 Å². The summed E-state index contributed by atoms with van der Waals surface area (Å²) >= 11 is 0. The average Bonchev–Trinajstić information content (AvgIpc) is 2.82. The first-order valence-corrected chi connectivity index (χ1v) is 11.7. The van der Waals surface area contributed by atoms with Gasteiger partial charge in [0.05, 0.1) is 0 Å². The number of aryl methyl sites for hydroxylation is 1. The molecule has 0 N–H and O–H groups in total. The summed E-state index contributed by atoms with van der Waals surface area (Å²) in [6.45, 7) is 16.5. The molecule has 2 aliphatic rings. The number of piperazine rings is 2. The van der Waals surface area contributed by atoms with Gasteiger partial charge < -0.3 is 14.7 Å². The van der Waals surface area contributed by atoms with Crippen molar-refractivity contribution in [3.8, 4) is 0 Å². The Morgan fingerprint density at radius 3 is 2.10 bits per heavy atom. The molecule has 2 aliphatic heterocycles. The van der Waals surface area contributed by atoms with Crippen molar-refractivity contribution >= 4 is 11.6 Å². The summed E-state index contributed by atoms with van der Waals surface area (Å²) in [6.07, 6.45) is 0. The fraction of sp³-hybridized carbons (Fsp3) is 0.500. The molecule has 2 aromatic rings. The number of anilines is 1. The van der Waals surface area contributed by atoms with Crippen LogP contribution < -0.4 is 4.90 Å². The monoisotopic (exact) mass is 420 g/mol. The van der Waals surface area contributed by atoms with E-state index in [4.69, 9.17) is 0 Å². The molecule has 0 bridgehead atoms. The third-order valence-electron chi connectivity index (χ3n) is 7.00. The number of rotatable bonds is 5. The van der Waals surface area contributed by atoms with Gasteiger partial charge in [-0.25, -0.2) is 0 Å². The van der Waals surface area contributed by atoms with Gasteiger partial charge in [0, 0.05) is 70.2 Å². The normalized spacial score (nSPS) is 18.4. The van der Waals surface area contributed by atoms with Crippen LogP contribution in [0.4, 0.5) is 5.69 Å². The molecule has 1 amide bonds. The molecule has 0 spiro atoms. The van der Waals surface area contributed by atoms with E-state index in [1.807, 2.05) is 17.0 Å². The lowest BCUT2D eigenvalue weighted by atomic mass is 10.1. The zero-order valence-corrected chi connectivity index (χ0v) is 19.3. The molecule has 5 heteroatoms. The Labute approximate surface area is 187 Å². The van der Waals surface area contributed by atoms with Crippen LogP contribution in [0.2, 0.25) is 0 Å². The summed E-state index contributed by atoms with van der Waals surface area (Å²) in [4.78, 5) is 22.2. The highest BCUT2D eigenvalue weighted by molar-refractivity contribution is 5.94. The molecule has 0 atom stereocenters. The zero-order chi connectivity index (χ0) is 21.8. The Morgan fingerprint density at radius 1 is 0.806 bits per heavy atom. The largest absolute Gasteiger partial charge is 0.369 e. The highest BCUT2D eigenvalue weighted by Gasteiger charge is 2.22. The van der Waals surface area contributed by atoms with Crippen LogP contribution in [-0.4, -0.2) is 79.5 Å². The quantitative estimate of drug-likeness (QED) is 0.742. The van der Waals surface area contributed by atoms with Gasteiger partial charge in [0.15, 0.2) is 0 Å². The van der Waals surface area contributed by atoms with Crippen molar-refractivity contribution < 1.29 is 4.79 Å². The molecule has 0 aliphatic carbocycles. The van der Waals surface area contributed by atoms with Crippen LogP contribution in [0.25, 0.3) is 0 Å². The SMILES string of the molecule is CCN1CCN(C(=O)c2ccc(CN3CCN(c4cccc(C)c4C)CC3)cc2)CC1. The first-order valence-electron chi connectivity index (χ1n) is 11.7. The van der Waals surface area contributed by atoms with Gasteiger partial charge in [-0.1, -0.05) is 31.2 Å². The van der Waals surface area contributed by atoms with E-state index >= 15 is 0 Å². The van der Waals surface area contributed by atoms with Crippen LogP contribution in [0.15, 0.2) is 42.5 Å². The number of carbonyl (C=O) groups excluding carboxylic acids is 1. The molecule has 31 heavy (non-hydrogen) atoms. The van der Waals surface area contributed by atoms with Gasteiger partial charge in [0.25, 0.3) is 5.91 Å². The maximum absolute atomic E-state index is 12.8. The molecule has 2 saturated heterocycles. The molecule has 2 aromatic carbocycles. The van der Waals surface area contributed by atoms with Gasteiger partial charge in [-0.2, -0.15) is 0 Å². The Balaban J connectivity index is 1.29. The van der Waals surface area contributed by atoms with E-state index < -0.39 is 0 Å². The summed E-state index contributed by atoms with van der Waals surface area (Å²) in [5.74, 6) is 0.171. The van der Waals surface area contributed by atoms with E-state index in [1.165, 1.54) is 22.4 Å². The molecule has 0 saturated carbocycles. The number of hydrogen-bond acceptors (Lipinski definition) is 4. The second kappa shape index (κ2) is 9.84. The van der Waals surface area contributed by atoms with Crippen molar-refractivity contribution in [3.05, 3.63) is 64.7 Å². The molecular formula is C26H36N4O. The van der Waals surface area contributed by atoms with Crippen LogP contribution in [0, 0.1) is 13.8 Å². The highest BCUT2D eigenvalue weighted by Crippen LogP contribution is 2.24. The molecule has 166 valence electrons. The Hall–Kier alpha value is -2.37. The minimum Gasteiger partial charge on any atom is -0.369 e. The smallest absolute Gasteiger partial charge is 0.253 e. The van der Waals surface area contributed by atoms with Crippen molar-refractivity contribution in [1.29, 1.82) is 0 Å². The van der Waals surface area contributed by atoms with Crippen molar-refractivity contribution in [1.82, 2.24) is 14.7 Å². The van der Waals surface area contributed by atoms with Gasteiger partial charge in [-0.15, -0.1) is 0 Å². The summed E-state index contributed by atoms with van der Waals surface area (Å²) in [5.41, 5.74) is 6.23. The summed E-state index contributed by atoms with van der Waals surface area (Å²) in [6, 6.07) is 14.9. The highest BCUT2D eigenvalue weighted by atomic mass is 16.2. The lowest BCUT2D eigenvalue weighted by Gasteiger charge is -2.37. The van der Waals surface area contributed by atoms with E-state index in [9.17, 15) is 4.79 Å². The molecule has 4 rings (SSSR count). The molecular weight excluding hydrogens is 384 g/mol. The van der Waals surface area contributed by atoms with Gasteiger partial charge in [-0.3, -0.25) is 9.69 Å². The molecule has 0 radical (unpaired) electrons. The predicted molar refractivity (Wildman–Crippen MR) is 128 cm³/mol. The number of hydrogen-bond donors (Lipinski definition) is 0. The molecule has 5 nitrogen and oxygen atoms in total. The van der Waals surface area contributed by atoms with Gasteiger partial charge >= 0.3 is 0 Å². The van der Waals surface area contributed by atoms with E-state index in [0.29, 0.717) is 0 Å². The van der Waals surface area contributed by atoms with Gasteiger partial charge in [0.1, 0.15) is 0 Å². The third-order valence-corrected chi connectivity index (χ3v) is 7.00. The first kappa shape index (κ1) is 21.8. The Bertz CT molecular complexity index is 879. The maximum atomic E-state index is 12.8. The van der Waals surface area contributed by atoms with Crippen LogP contribution in [-0.2, 0) is 6.54 Å². The number of amides is 1. The standard InChI is InChI=1S/C26H36N4O/c1-4-27-12-18-30(19-13-27)26(31)24-10-8-23(9-11-24)20-28-14-16-29(17-15-28)25-7-5-6-21(2)22(25)3/h5-11H,4,12-20H2,1-3H3. The second-order valence-corrected chi connectivity index (χ2v) is 8.91. The van der Waals surface area contributed by atoms with E-state index in [0.717, 1.165) is 71.0 Å². The van der Waals surface area contributed by atoms with Gasteiger partial charge in [0.2, 0.25) is 0 Å². The Kier molecular flexibility index (Phi) is 6.93. The second-order valence-electron chi connectivity index (χ2n) is 8.91. The van der Waals surface area contributed by atoms with E-state index in [-0.39, 0.29) is 5.91 Å². The van der Waals surface area contributed by atoms with E-state index in [2.05, 4.69) is 65.8 Å². The first-order chi connectivity index (χ1) is 15.0. The molecule has 2 fully saturated rings. The van der Waals surface area contributed by atoms with Crippen LogP contribution >= 0.6 is 0 Å². The number of nitrogens with zero attached hydrogens (tertiary/aromatic N) is 4. The lowest BCUT2D eigenvalue weighted by molar-refractivity contribution is 0.0643. The summed E-state index contributed by atoms with van der Waals surface area (Å²) in [5, 5.41) is 0. The van der Waals surface area contributed by atoms with E-state index in [1.54, 1.807) is 0 Å². The van der Waals surface area contributed by atoms with Crippen molar-refractivity contribution in [2.75, 3.05) is 63.8 Å². The number of likely N-dealkylation sites (N-methyl/N-ethyl adjacent to an activating group) is 1. The van der Waals surface area contributed by atoms with Crippen molar-refractivity contribution in [2.24, 2.45) is 0 Å².